The number of carbonyl (C=O) groups excluding carboxylic acids is 3. The van der Waals surface area contributed by atoms with Crippen molar-refractivity contribution in [1.29, 1.82) is 0 Å². The van der Waals surface area contributed by atoms with Gasteiger partial charge in [0.05, 0.1) is 40.1 Å². The third kappa shape index (κ3) is 5.13. The minimum absolute atomic E-state index is 0.156. The van der Waals surface area contributed by atoms with Gasteiger partial charge in [0.2, 0.25) is 0 Å². The molecule has 29 heavy (non-hydrogen) atoms. The average Bonchev–Trinajstić information content (AvgIpc) is 2.77. The van der Waals surface area contributed by atoms with Gasteiger partial charge in [-0.25, -0.2) is 14.4 Å². The molecule has 0 spiro atoms. The molecule has 0 fully saturated rings. The highest BCUT2D eigenvalue weighted by Crippen LogP contribution is 2.34. The van der Waals surface area contributed by atoms with Crippen LogP contribution in [0.3, 0.4) is 0 Å². The smallest absolute Gasteiger partial charge is 0.354 e. The number of benzene rings is 2. The van der Waals surface area contributed by atoms with Crippen LogP contribution in [0.4, 0.5) is 5.69 Å². The molecule has 0 bridgehead atoms. The zero-order chi connectivity index (χ0) is 21.4. The molecule has 0 amide bonds. The van der Waals surface area contributed by atoms with Gasteiger partial charge in [0.15, 0.2) is 0 Å². The number of hydrogen-bond acceptors (Lipinski definition) is 8. The summed E-state index contributed by atoms with van der Waals surface area (Å²) >= 11 is 0. The summed E-state index contributed by atoms with van der Waals surface area (Å²) in [5, 5.41) is 2.86. The summed E-state index contributed by atoms with van der Waals surface area (Å²) in [6.07, 6.45) is 0.967. The van der Waals surface area contributed by atoms with Gasteiger partial charge in [0, 0.05) is 11.3 Å². The molecule has 0 saturated carbocycles. The number of carbonyl (C=O) groups is 3. The lowest BCUT2D eigenvalue weighted by Crippen LogP contribution is -2.16. The predicted molar refractivity (Wildman–Crippen MR) is 106 cm³/mol. The molecule has 0 aliphatic carbocycles. The van der Waals surface area contributed by atoms with Crippen LogP contribution in [0.2, 0.25) is 0 Å². The normalized spacial score (nSPS) is 10.7. The first-order valence-electron chi connectivity index (χ1n) is 8.45. The molecule has 8 nitrogen and oxygen atoms in total. The van der Waals surface area contributed by atoms with E-state index in [1.807, 2.05) is 0 Å². The van der Waals surface area contributed by atoms with Gasteiger partial charge in [-0.2, -0.15) is 0 Å². The van der Waals surface area contributed by atoms with E-state index < -0.39 is 17.9 Å². The quantitative estimate of drug-likeness (QED) is 0.431. The Bertz CT molecular complexity index is 933. The molecule has 0 atom stereocenters. The largest absolute Gasteiger partial charge is 0.497 e. The highest BCUT2D eigenvalue weighted by molar-refractivity contribution is 6.04. The first kappa shape index (κ1) is 21.5. The molecular formula is C21H21NO7. The molecule has 0 aliphatic heterocycles. The van der Waals surface area contributed by atoms with Crippen LogP contribution in [0.5, 0.6) is 5.75 Å². The Balaban J connectivity index is 2.63. The molecule has 152 valence electrons. The maximum atomic E-state index is 12.3. The first-order valence-corrected chi connectivity index (χ1v) is 8.45. The topological polar surface area (TPSA) is 100 Å². The Kier molecular flexibility index (Phi) is 7.36. The van der Waals surface area contributed by atoms with Crippen LogP contribution in [-0.4, -0.2) is 46.3 Å². The van der Waals surface area contributed by atoms with Crippen LogP contribution in [0.15, 0.2) is 54.2 Å². The predicted octanol–water partition coefficient (Wildman–Crippen LogP) is 2.79. The second-order valence-corrected chi connectivity index (χ2v) is 5.65. The zero-order valence-electron chi connectivity index (χ0n) is 16.5. The highest BCUT2D eigenvalue weighted by Gasteiger charge is 2.20. The maximum absolute atomic E-state index is 12.3. The molecule has 0 radical (unpaired) electrons. The van der Waals surface area contributed by atoms with Crippen molar-refractivity contribution in [2.24, 2.45) is 0 Å². The summed E-state index contributed by atoms with van der Waals surface area (Å²) in [5.74, 6) is -1.44. The molecular weight excluding hydrogens is 378 g/mol. The van der Waals surface area contributed by atoms with Gasteiger partial charge in [0.25, 0.3) is 0 Å². The van der Waals surface area contributed by atoms with E-state index in [2.05, 4.69) is 10.1 Å². The fourth-order valence-electron chi connectivity index (χ4n) is 2.58. The van der Waals surface area contributed by atoms with E-state index in [0.29, 0.717) is 22.6 Å². The highest BCUT2D eigenvalue weighted by atomic mass is 16.5. The van der Waals surface area contributed by atoms with E-state index in [0.717, 1.165) is 6.08 Å². The Morgan fingerprint density at radius 2 is 1.55 bits per heavy atom. The van der Waals surface area contributed by atoms with Gasteiger partial charge in [-0.3, -0.25) is 0 Å². The van der Waals surface area contributed by atoms with E-state index in [4.69, 9.17) is 14.2 Å². The van der Waals surface area contributed by atoms with E-state index in [9.17, 15) is 14.4 Å². The van der Waals surface area contributed by atoms with Crippen molar-refractivity contribution in [2.45, 2.75) is 0 Å². The number of hydrogen-bond donors (Lipinski definition) is 1. The zero-order valence-corrected chi connectivity index (χ0v) is 16.5. The molecule has 2 aromatic carbocycles. The lowest BCUT2D eigenvalue weighted by atomic mass is 9.97. The molecule has 0 unspecified atom stereocenters. The van der Waals surface area contributed by atoms with Crippen LogP contribution in [0, 0.1) is 0 Å². The third-order valence-corrected chi connectivity index (χ3v) is 3.99. The minimum atomic E-state index is -0.778. The third-order valence-electron chi connectivity index (χ3n) is 3.99. The van der Waals surface area contributed by atoms with Crippen molar-refractivity contribution in [1.82, 2.24) is 0 Å². The van der Waals surface area contributed by atoms with Gasteiger partial charge in [-0.05, 0) is 29.8 Å². The summed E-state index contributed by atoms with van der Waals surface area (Å²) < 4.78 is 19.4. The number of nitrogens with one attached hydrogen (secondary N) is 1. The summed E-state index contributed by atoms with van der Waals surface area (Å²) in [4.78, 5) is 36.1. The fourth-order valence-corrected chi connectivity index (χ4v) is 2.58. The molecule has 2 aromatic rings. The fraction of sp³-hybridized carbons (Fsp3) is 0.190. The molecule has 0 aromatic heterocycles. The van der Waals surface area contributed by atoms with Crippen LogP contribution in [0.25, 0.3) is 11.1 Å². The lowest BCUT2D eigenvalue weighted by molar-refractivity contribution is -0.138. The van der Waals surface area contributed by atoms with Crippen LogP contribution in [0.1, 0.15) is 10.4 Å². The molecule has 0 aliphatic rings. The van der Waals surface area contributed by atoms with Crippen molar-refractivity contribution in [3.05, 3.63) is 59.8 Å². The number of ether oxygens (including phenoxy) is 4. The lowest BCUT2D eigenvalue weighted by Gasteiger charge is -2.17. The minimum Gasteiger partial charge on any atom is -0.497 e. The molecule has 0 saturated heterocycles. The Morgan fingerprint density at radius 3 is 2.10 bits per heavy atom. The van der Waals surface area contributed by atoms with Gasteiger partial charge in [0.1, 0.15) is 11.4 Å². The Labute approximate surface area is 168 Å². The second kappa shape index (κ2) is 9.93. The Hall–Kier alpha value is -3.81. The van der Waals surface area contributed by atoms with Crippen LogP contribution >= 0.6 is 0 Å². The maximum Gasteiger partial charge on any atom is 0.354 e. The monoisotopic (exact) mass is 399 g/mol. The summed E-state index contributed by atoms with van der Waals surface area (Å²) in [7, 11) is 5.20. The average molecular weight is 399 g/mol. The number of methoxy groups -OCH3 is 4. The first-order chi connectivity index (χ1) is 13.9. The second-order valence-electron chi connectivity index (χ2n) is 5.65. The van der Waals surface area contributed by atoms with Crippen LogP contribution in [-0.2, 0) is 23.8 Å². The van der Waals surface area contributed by atoms with E-state index >= 15 is 0 Å². The SMILES string of the molecule is COC(=O)/C=C(/Nc1cccc(C(=O)OC)c1-c1ccc(OC)cc1)C(=O)OC. The summed E-state index contributed by atoms with van der Waals surface area (Å²) in [5.41, 5.74) is 1.64. The molecule has 2 rings (SSSR count). The van der Waals surface area contributed by atoms with Crippen molar-refractivity contribution in [2.75, 3.05) is 33.8 Å². The van der Waals surface area contributed by atoms with Crippen molar-refractivity contribution in [3.63, 3.8) is 0 Å². The number of anilines is 1. The summed E-state index contributed by atoms with van der Waals surface area (Å²) in [6.45, 7) is 0. The molecule has 8 heteroatoms. The Morgan fingerprint density at radius 1 is 0.862 bits per heavy atom. The van der Waals surface area contributed by atoms with Gasteiger partial charge in [-0.15, -0.1) is 0 Å². The van der Waals surface area contributed by atoms with Gasteiger partial charge >= 0.3 is 17.9 Å². The van der Waals surface area contributed by atoms with Crippen molar-refractivity contribution < 1.29 is 33.3 Å². The van der Waals surface area contributed by atoms with E-state index in [1.54, 1.807) is 49.6 Å². The van der Waals surface area contributed by atoms with E-state index in [-0.39, 0.29) is 11.3 Å². The van der Waals surface area contributed by atoms with Gasteiger partial charge < -0.3 is 24.3 Å². The number of esters is 3. The summed E-state index contributed by atoms with van der Waals surface area (Å²) in [6, 6.07) is 11.9. The van der Waals surface area contributed by atoms with Crippen molar-refractivity contribution in [3.8, 4) is 16.9 Å². The molecule has 0 heterocycles. The van der Waals surface area contributed by atoms with Gasteiger partial charge in [-0.1, -0.05) is 18.2 Å². The number of rotatable bonds is 7. The standard InChI is InChI=1S/C21H21NO7/c1-26-14-10-8-13(9-11-14)19-15(20(24)28-3)6-5-7-16(19)22-17(21(25)29-4)12-18(23)27-2/h5-12,22H,1-4H3/b17-12+. The van der Waals surface area contributed by atoms with Crippen LogP contribution < -0.4 is 10.1 Å². The molecule has 1 N–H and O–H groups in total. The van der Waals surface area contributed by atoms with Crippen molar-refractivity contribution >= 4 is 23.6 Å². The van der Waals surface area contributed by atoms with E-state index in [1.165, 1.54) is 21.3 Å².